The van der Waals surface area contributed by atoms with Gasteiger partial charge in [0.05, 0.1) is 6.54 Å². The van der Waals surface area contributed by atoms with Crippen LogP contribution < -0.4 is 5.32 Å². The summed E-state index contributed by atoms with van der Waals surface area (Å²) in [4.78, 5) is 16.2. The first-order valence-corrected chi connectivity index (χ1v) is 8.10. The van der Waals surface area contributed by atoms with Gasteiger partial charge in [-0.2, -0.15) is 0 Å². The predicted octanol–water partition coefficient (Wildman–Crippen LogP) is 3.81. The molecule has 26 heavy (non-hydrogen) atoms. The van der Waals surface area contributed by atoms with E-state index in [-0.39, 0.29) is 12.5 Å². The first-order valence-electron chi connectivity index (χ1n) is 8.10. The average Bonchev–Trinajstić information content (AvgIpc) is 3.32. The molecule has 2 aromatic carbocycles. The Kier molecular flexibility index (Phi) is 4.30. The average molecular weight is 345 g/mol. The van der Waals surface area contributed by atoms with E-state index < -0.39 is 0 Å². The maximum absolute atomic E-state index is 12.0. The smallest absolute Gasteiger partial charge is 0.244 e. The largest absolute Gasteiger partial charge is 0.437 e. The van der Waals surface area contributed by atoms with Crippen LogP contribution in [0.3, 0.4) is 0 Å². The number of para-hydroxylation sites is 2. The number of benzene rings is 2. The second-order valence-electron chi connectivity index (χ2n) is 5.62. The number of hydrogen-bond acceptors (Lipinski definition) is 5. The predicted molar refractivity (Wildman–Crippen MR) is 96.8 cm³/mol. The van der Waals surface area contributed by atoms with Gasteiger partial charge in [-0.15, -0.1) is 0 Å². The van der Waals surface area contributed by atoms with Gasteiger partial charge >= 0.3 is 0 Å². The number of nitrogens with one attached hydrogen (secondary N) is 1. The number of amides is 1. The third kappa shape index (κ3) is 3.54. The Labute approximate surface area is 149 Å². The van der Waals surface area contributed by atoms with E-state index in [1.165, 1.54) is 12.2 Å². The van der Waals surface area contributed by atoms with Gasteiger partial charge in [-0.25, -0.2) is 4.98 Å². The van der Waals surface area contributed by atoms with E-state index in [1.807, 2.05) is 54.6 Å². The van der Waals surface area contributed by atoms with Gasteiger partial charge in [0.15, 0.2) is 11.3 Å². The van der Waals surface area contributed by atoms with Crippen LogP contribution in [0.2, 0.25) is 0 Å². The van der Waals surface area contributed by atoms with Crippen LogP contribution in [0.4, 0.5) is 0 Å². The number of hydrogen-bond donors (Lipinski definition) is 1. The summed E-state index contributed by atoms with van der Waals surface area (Å²) in [6, 6.07) is 18.9. The summed E-state index contributed by atoms with van der Waals surface area (Å²) < 4.78 is 10.8. The Hall–Kier alpha value is -3.67. The highest BCUT2D eigenvalue weighted by molar-refractivity contribution is 5.91. The third-order valence-corrected chi connectivity index (χ3v) is 3.75. The summed E-state index contributed by atoms with van der Waals surface area (Å²) in [6.07, 6.45) is 2.91. The molecule has 0 spiro atoms. The normalized spacial score (nSPS) is 11.2. The number of aromatic nitrogens is 2. The second kappa shape index (κ2) is 7.06. The van der Waals surface area contributed by atoms with E-state index in [4.69, 9.17) is 8.94 Å². The fourth-order valence-electron chi connectivity index (χ4n) is 2.48. The van der Waals surface area contributed by atoms with Crippen LogP contribution in [0.1, 0.15) is 11.6 Å². The van der Waals surface area contributed by atoms with E-state index in [1.54, 1.807) is 6.07 Å². The highest BCUT2D eigenvalue weighted by Crippen LogP contribution is 2.19. The lowest BCUT2D eigenvalue weighted by Crippen LogP contribution is -2.20. The summed E-state index contributed by atoms with van der Waals surface area (Å²) in [5, 5.41) is 6.72. The number of nitrogens with zero attached hydrogens (tertiary/aromatic N) is 2. The van der Waals surface area contributed by atoms with Gasteiger partial charge < -0.3 is 14.3 Å². The molecule has 2 aromatic heterocycles. The number of carbonyl (C=O) groups excluding carboxylic acids is 1. The van der Waals surface area contributed by atoms with E-state index >= 15 is 0 Å². The molecule has 6 heteroatoms. The molecule has 0 aliphatic heterocycles. The summed E-state index contributed by atoms with van der Waals surface area (Å²) in [5.74, 6) is 0.780. The molecule has 0 aliphatic carbocycles. The van der Waals surface area contributed by atoms with Gasteiger partial charge in [-0.05, 0) is 12.1 Å². The molecule has 0 atom stereocenters. The Morgan fingerprint density at radius 3 is 2.73 bits per heavy atom. The summed E-state index contributed by atoms with van der Waals surface area (Å²) in [7, 11) is 0. The molecular formula is C20H15N3O3. The fourth-order valence-corrected chi connectivity index (χ4v) is 2.48. The zero-order valence-electron chi connectivity index (χ0n) is 13.8. The molecule has 0 saturated carbocycles. The lowest BCUT2D eigenvalue weighted by atomic mass is 10.2. The molecule has 2 heterocycles. The van der Waals surface area contributed by atoms with E-state index in [0.29, 0.717) is 22.9 Å². The molecular weight excluding hydrogens is 330 g/mol. The first kappa shape index (κ1) is 15.8. The highest BCUT2D eigenvalue weighted by atomic mass is 16.5. The van der Waals surface area contributed by atoms with Gasteiger partial charge in [-0.3, -0.25) is 4.79 Å². The minimum atomic E-state index is -0.267. The summed E-state index contributed by atoms with van der Waals surface area (Å²) in [5.41, 5.74) is 3.02. The van der Waals surface area contributed by atoms with Crippen molar-refractivity contribution in [1.82, 2.24) is 15.5 Å². The van der Waals surface area contributed by atoms with Crippen molar-refractivity contribution in [1.29, 1.82) is 0 Å². The number of carbonyl (C=O) groups is 1. The molecule has 0 aliphatic rings. The van der Waals surface area contributed by atoms with Gasteiger partial charge in [0.2, 0.25) is 11.8 Å². The second-order valence-corrected chi connectivity index (χ2v) is 5.62. The summed E-state index contributed by atoms with van der Waals surface area (Å²) >= 11 is 0. The van der Waals surface area contributed by atoms with Crippen molar-refractivity contribution in [2.24, 2.45) is 0 Å². The third-order valence-electron chi connectivity index (χ3n) is 3.75. The zero-order valence-corrected chi connectivity index (χ0v) is 13.8. The van der Waals surface area contributed by atoms with Crippen molar-refractivity contribution in [3.05, 3.63) is 78.3 Å². The van der Waals surface area contributed by atoms with Crippen LogP contribution in [0.15, 0.2) is 75.7 Å². The van der Waals surface area contributed by atoms with Gasteiger partial charge in [-0.1, -0.05) is 47.6 Å². The standard InChI is InChI=1S/C20H15N3O3/c24-19(10-11-20-22-16-8-4-5-9-17(16)25-20)21-13-15-12-18(26-23-15)14-6-2-1-3-7-14/h1-12H,13H2,(H,21,24)/b11-10+. The van der Waals surface area contributed by atoms with Crippen LogP contribution in [0.5, 0.6) is 0 Å². The summed E-state index contributed by atoms with van der Waals surface area (Å²) in [6.45, 7) is 0.271. The number of fused-ring (bicyclic) bond motifs is 1. The van der Waals surface area contributed by atoms with Gasteiger partial charge in [0.25, 0.3) is 0 Å². The monoisotopic (exact) mass is 345 g/mol. The van der Waals surface area contributed by atoms with E-state index in [0.717, 1.165) is 11.1 Å². The van der Waals surface area contributed by atoms with Crippen LogP contribution in [-0.2, 0) is 11.3 Å². The van der Waals surface area contributed by atoms with Crippen LogP contribution in [-0.4, -0.2) is 16.0 Å². The molecule has 0 fully saturated rings. The Morgan fingerprint density at radius 2 is 1.88 bits per heavy atom. The molecule has 128 valence electrons. The molecule has 4 aromatic rings. The molecule has 6 nitrogen and oxygen atoms in total. The lowest BCUT2D eigenvalue weighted by Gasteiger charge is -1.96. The molecule has 1 N–H and O–H groups in total. The maximum atomic E-state index is 12.0. The van der Waals surface area contributed by atoms with Crippen molar-refractivity contribution in [2.45, 2.75) is 6.54 Å². The number of rotatable bonds is 5. The van der Waals surface area contributed by atoms with E-state index in [9.17, 15) is 4.79 Å². The minimum absolute atomic E-state index is 0.267. The van der Waals surface area contributed by atoms with Crippen molar-refractivity contribution >= 4 is 23.1 Å². The van der Waals surface area contributed by atoms with Crippen molar-refractivity contribution in [3.63, 3.8) is 0 Å². The van der Waals surface area contributed by atoms with Crippen LogP contribution in [0.25, 0.3) is 28.5 Å². The fraction of sp³-hybridized carbons (Fsp3) is 0.0500. The topological polar surface area (TPSA) is 81.2 Å². The van der Waals surface area contributed by atoms with Crippen LogP contribution in [0, 0.1) is 0 Å². The molecule has 1 amide bonds. The Bertz CT molecular complexity index is 1030. The minimum Gasteiger partial charge on any atom is -0.437 e. The van der Waals surface area contributed by atoms with Crippen LogP contribution >= 0.6 is 0 Å². The van der Waals surface area contributed by atoms with E-state index in [2.05, 4.69) is 15.5 Å². The van der Waals surface area contributed by atoms with Crippen molar-refractivity contribution in [3.8, 4) is 11.3 Å². The molecule has 0 saturated heterocycles. The molecule has 4 rings (SSSR count). The zero-order chi connectivity index (χ0) is 17.8. The number of oxazole rings is 1. The molecule has 0 unspecified atom stereocenters. The SMILES string of the molecule is O=C(/C=C/c1nc2ccccc2o1)NCc1cc(-c2ccccc2)on1. The van der Waals surface area contributed by atoms with Gasteiger partial charge in [0, 0.05) is 23.8 Å². The van der Waals surface area contributed by atoms with Crippen molar-refractivity contribution < 1.29 is 13.7 Å². The quantitative estimate of drug-likeness (QED) is 0.556. The first-order chi connectivity index (χ1) is 12.8. The van der Waals surface area contributed by atoms with Gasteiger partial charge in [0.1, 0.15) is 11.2 Å². The lowest BCUT2D eigenvalue weighted by molar-refractivity contribution is -0.116. The molecule has 0 radical (unpaired) electrons. The Balaban J connectivity index is 1.36. The molecule has 0 bridgehead atoms. The Morgan fingerprint density at radius 1 is 1.08 bits per heavy atom. The highest BCUT2D eigenvalue weighted by Gasteiger charge is 2.07. The van der Waals surface area contributed by atoms with Crippen molar-refractivity contribution in [2.75, 3.05) is 0 Å². The maximum Gasteiger partial charge on any atom is 0.244 e.